The molecule has 0 radical (unpaired) electrons. The van der Waals surface area contributed by atoms with Crippen molar-refractivity contribution in [3.63, 3.8) is 0 Å². The molecule has 1 unspecified atom stereocenters. The molecule has 0 bridgehead atoms. The van der Waals surface area contributed by atoms with E-state index < -0.39 is 22.0 Å². The molecule has 2 aromatic carbocycles. The van der Waals surface area contributed by atoms with E-state index in [4.69, 9.17) is 8.94 Å². The average Bonchev–Trinajstić information content (AvgIpc) is 3.31. The smallest absolute Gasteiger partial charge is 0.296 e. The van der Waals surface area contributed by atoms with Gasteiger partial charge in [0.05, 0.1) is 21.9 Å². The van der Waals surface area contributed by atoms with E-state index in [0.717, 1.165) is 31.2 Å². The van der Waals surface area contributed by atoms with Crippen LogP contribution in [-0.4, -0.2) is 36.9 Å². The van der Waals surface area contributed by atoms with E-state index in [9.17, 15) is 18.0 Å². The average molecular weight is 534 g/mol. The van der Waals surface area contributed by atoms with E-state index in [1.807, 2.05) is 13.0 Å². The molecule has 2 aliphatic rings. The van der Waals surface area contributed by atoms with Crippen molar-refractivity contribution >= 4 is 32.7 Å². The fourth-order valence-corrected chi connectivity index (χ4v) is 6.88. The van der Waals surface area contributed by atoms with Gasteiger partial charge in [-0.15, -0.1) is 0 Å². The van der Waals surface area contributed by atoms with Crippen LogP contribution in [0.1, 0.15) is 64.7 Å². The minimum Gasteiger partial charge on any atom is -0.450 e. The van der Waals surface area contributed by atoms with Crippen LogP contribution in [0.4, 0.5) is 5.82 Å². The third-order valence-corrected chi connectivity index (χ3v) is 9.20. The zero-order valence-corrected chi connectivity index (χ0v) is 22.0. The van der Waals surface area contributed by atoms with Crippen LogP contribution in [0.15, 0.2) is 67.2 Å². The molecule has 4 heterocycles. The summed E-state index contributed by atoms with van der Waals surface area (Å²) in [4.78, 5) is 28.9. The van der Waals surface area contributed by atoms with E-state index in [2.05, 4.69) is 5.16 Å². The molecule has 4 aromatic rings. The molecule has 196 valence electrons. The van der Waals surface area contributed by atoms with Crippen molar-refractivity contribution < 1.29 is 22.2 Å². The molecule has 0 spiro atoms. The van der Waals surface area contributed by atoms with Crippen LogP contribution in [0.5, 0.6) is 0 Å². The van der Waals surface area contributed by atoms with Gasteiger partial charge in [0.15, 0.2) is 11.2 Å². The maximum atomic E-state index is 13.8. The first kappa shape index (κ1) is 24.6. The standard InChI is InChI=1S/C28H27N3O6S/c1-17-7-12-22-21(15-17)26(32)24-25(31(28(33)27(24)36-22)23-16-18(2)37-29-23)19-8-10-20(11-9-19)38(34,35)30-13-5-3-4-6-14-30/h7-12,15-16,25H,3-6,13-14H2,1-2H3. The van der Waals surface area contributed by atoms with Crippen molar-refractivity contribution in [3.8, 4) is 0 Å². The van der Waals surface area contributed by atoms with Crippen LogP contribution < -0.4 is 10.3 Å². The highest BCUT2D eigenvalue weighted by Crippen LogP contribution is 2.41. The molecule has 2 aliphatic heterocycles. The zero-order valence-electron chi connectivity index (χ0n) is 21.1. The highest BCUT2D eigenvalue weighted by atomic mass is 32.2. The molecule has 10 heteroatoms. The van der Waals surface area contributed by atoms with Crippen LogP contribution >= 0.6 is 0 Å². The fraction of sp³-hybridized carbons (Fsp3) is 0.321. The number of nitrogens with zero attached hydrogens (tertiary/aromatic N) is 3. The van der Waals surface area contributed by atoms with E-state index in [0.29, 0.717) is 35.4 Å². The number of hydrogen-bond donors (Lipinski definition) is 0. The zero-order chi connectivity index (χ0) is 26.6. The van der Waals surface area contributed by atoms with Gasteiger partial charge < -0.3 is 8.94 Å². The molecule has 1 fully saturated rings. The first-order valence-electron chi connectivity index (χ1n) is 12.7. The number of carbonyl (C=O) groups is 1. The van der Waals surface area contributed by atoms with E-state index in [-0.39, 0.29) is 27.5 Å². The lowest BCUT2D eigenvalue weighted by Gasteiger charge is -2.23. The lowest BCUT2D eigenvalue weighted by molar-refractivity contribution is 0.0969. The molecule has 0 saturated carbocycles. The van der Waals surface area contributed by atoms with Gasteiger partial charge >= 0.3 is 0 Å². The number of hydrogen-bond acceptors (Lipinski definition) is 7. The van der Waals surface area contributed by atoms with E-state index in [1.165, 1.54) is 21.3 Å². The second-order valence-electron chi connectivity index (χ2n) is 9.93. The number of rotatable bonds is 4. The molecule has 1 amide bonds. The van der Waals surface area contributed by atoms with Crippen LogP contribution in [0, 0.1) is 13.8 Å². The van der Waals surface area contributed by atoms with Gasteiger partial charge in [0.1, 0.15) is 11.3 Å². The summed E-state index contributed by atoms with van der Waals surface area (Å²) in [6.45, 7) is 4.59. The van der Waals surface area contributed by atoms with Crippen molar-refractivity contribution in [1.82, 2.24) is 9.46 Å². The van der Waals surface area contributed by atoms with Gasteiger partial charge in [-0.1, -0.05) is 41.8 Å². The van der Waals surface area contributed by atoms with Gasteiger partial charge in [0.25, 0.3) is 5.91 Å². The number of aromatic nitrogens is 1. The Hall–Kier alpha value is -3.76. The van der Waals surface area contributed by atoms with Gasteiger partial charge in [-0.05, 0) is 56.5 Å². The molecular formula is C28H27N3O6S. The molecule has 38 heavy (non-hydrogen) atoms. The number of aryl methyl sites for hydroxylation is 2. The maximum Gasteiger partial charge on any atom is 0.296 e. The monoisotopic (exact) mass is 533 g/mol. The molecule has 0 N–H and O–H groups in total. The van der Waals surface area contributed by atoms with Crippen molar-refractivity contribution in [3.05, 3.63) is 87.0 Å². The Balaban J connectivity index is 1.48. The Kier molecular flexibility index (Phi) is 5.96. The first-order chi connectivity index (χ1) is 18.3. The van der Waals surface area contributed by atoms with E-state index >= 15 is 0 Å². The van der Waals surface area contributed by atoms with Crippen molar-refractivity contribution in [2.24, 2.45) is 0 Å². The SMILES string of the molecule is Cc1ccc2oc3c(c(=O)c2c1)C(c1ccc(S(=O)(=O)N2CCCCCC2)cc1)N(c1cc(C)on1)C3=O. The molecule has 0 aliphatic carbocycles. The largest absolute Gasteiger partial charge is 0.450 e. The molecule has 2 aromatic heterocycles. The number of sulfonamides is 1. The predicted molar refractivity (Wildman–Crippen MR) is 141 cm³/mol. The Bertz CT molecular complexity index is 1710. The quantitative estimate of drug-likeness (QED) is 0.373. The van der Waals surface area contributed by atoms with Crippen LogP contribution in [-0.2, 0) is 10.0 Å². The van der Waals surface area contributed by atoms with Crippen LogP contribution in [0.3, 0.4) is 0 Å². The highest BCUT2D eigenvalue weighted by Gasteiger charge is 2.45. The Morgan fingerprint density at radius 2 is 1.63 bits per heavy atom. The van der Waals surface area contributed by atoms with E-state index in [1.54, 1.807) is 37.3 Å². The second-order valence-corrected chi connectivity index (χ2v) is 11.9. The number of carbonyl (C=O) groups excluding carboxylic acids is 1. The third kappa shape index (κ3) is 3.95. The lowest BCUT2D eigenvalue weighted by atomic mass is 9.98. The highest BCUT2D eigenvalue weighted by molar-refractivity contribution is 7.89. The number of amides is 1. The minimum atomic E-state index is -3.66. The maximum absolute atomic E-state index is 13.8. The lowest BCUT2D eigenvalue weighted by Crippen LogP contribution is -2.32. The minimum absolute atomic E-state index is 0.0572. The summed E-state index contributed by atoms with van der Waals surface area (Å²) in [5.74, 6) is 0.170. The second kappa shape index (κ2) is 9.21. The topological polar surface area (TPSA) is 114 Å². The van der Waals surface area contributed by atoms with Gasteiger partial charge in [-0.25, -0.2) is 8.42 Å². The van der Waals surface area contributed by atoms with Crippen LogP contribution in [0.25, 0.3) is 11.0 Å². The normalized spacial score (nSPS) is 18.6. The summed E-state index contributed by atoms with van der Waals surface area (Å²) in [7, 11) is -3.66. The summed E-state index contributed by atoms with van der Waals surface area (Å²) in [5, 5.41) is 4.41. The van der Waals surface area contributed by atoms with Crippen molar-refractivity contribution in [2.75, 3.05) is 18.0 Å². The Morgan fingerprint density at radius 1 is 0.921 bits per heavy atom. The number of fused-ring (bicyclic) bond motifs is 2. The molecule has 1 atom stereocenters. The Morgan fingerprint density at radius 3 is 2.29 bits per heavy atom. The molecule has 1 saturated heterocycles. The fourth-order valence-electron chi connectivity index (χ4n) is 5.36. The van der Waals surface area contributed by atoms with Crippen LogP contribution in [0.2, 0.25) is 0 Å². The number of benzene rings is 2. The van der Waals surface area contributed by atoms with Crippen molar-refractivity contribution in [2.45, 2.75) is 50.5 Å². The summed E-state index contributed by atoms with van der Waals surface area (Å²) in [5.41, 5.74) is 1.65. The predicted octanol–water partition coefficient (Wildman–Crippen LogP) is 4.71. The summed E-state index contributed by atoms with van der Waals surface area (Å²) >= 11 is 0. The Labute approximate surface area is 219 Å². The summed E-state index contributed by atoms with van der Waals surface area (Å²) < 4.78 is 39.4. The molecule has 9 nitrogen and oxygen atoms in total. The third-order valence-electron chi connectivity index (χ3n) is 7.29. The summed E-state index contributed by atoms with van der Waals surface area (Å²) in [6.07, 6.45) is 3.73. The van der Waals surface area contributed by atoms with Crippen molar-refractivity contribution in [1.29, 1.82) is 0 Å². The molecule has 6 rings (SSSR count). The van der Waals surface area contributed by atoms with Gasteiger partial charge in [0.2, 0.25) is 15.8 Å². The molecular weight excluding hydrogens is 506 g/mol. The first-order valence-corrected chi connectivity index (χ1v) is 14.1. The number of anilines is 1. The summed E-state index contributed by atoms with van der Waals surface area (Å²) in [6, 6.07) is 12.4. The van der Waals surface area contributed by atoms with Gasteiger partial charge in [-0.2, -0.15) is 4.31 Å². The van der Waals surface area contributed by atoms with Gasteiger partial charge in [0, 0.05) is 19.2 Å². The van der Waals surface area contributed by atoms with Gasteiger partial charge in [-0.3, -0.25) is 14.5 Å².